The van der Waals surface area contributed by atoms with Crippen molar-refractivity contribution in [3.05, 3.63) is 59.2 Å². The molecule has 2 aromatic carbocycles. The Morgan fingerprint density at radius 1 is 1.11 bits per heavy atom. The predicted molar refractivity (Wildman–Crippen MR) is 70.2 cm³/mol. The zero-order valence-corrected chi connectivity index (χ0v) is 11.3. The summed E-state index contributed by atoms with van der Waals surface area (Å²) in [5.74, 6) is -0.931. The van der Waals surface area contributed by atoms with Crippen LogP contribution < -0.4 is 4.74 Å². The first-order valence-electron chi connectivity index (χ1n) is 5.39. The Morgan fingerprint density at radius 3 is 2.56 bits per heavy atom. The fourth-order valence-electron chi connectivity index (χ4n) is 1.53. The molecular formula is C14H11BrF2O. The van der Waals surface area contributed by atoms with E-state index in [4.69, 9.17) is 4.74 Å². The van der Waals surface area contributed by atoms with Crippen molar-refractivity contribution < 1.29 is 13.5 Å². The minimum Gasteiger partial charge on any atom is -0.451 e. The van der Waals surface area contributed by atoms with Crippen LogP contribution in [0.5, 0.6) is 11.5 Å². The quantitative estimate of drug-likeness (QED) is 0.728. The molecule has 0 saturated carbocycles. The van der Waals surface area contributed by atoms with E-state index >= 15 is 0 Å². The topological polar surface area (TPSA) is 9.23 Å². The number of hydrogen-bond acceptors (Lipinski definition) is 1. The van der Waals surface area contributed by atoms with E-state index in [-0.39, 0.29) is 11.5 Å². The standard InChI is InChI=1S/C14H11BrF2O/c1-9-3-2-4-13(14(9)17)18-12-6-5-10(8-15)7-11(12)16/h2-7H,8H2,1H3. The second-order valence-corrected chi connectivity index (χ2v) is 4.45. The minimum absolute atomic E-state index is 0.0178. The van der Waals surface area contributed by atoms with Gasteiger partial charge in [-0.15, -0.1) is 0 Å². The molecule has 0 bridgehead atoms. The third kappa shape index (κ3) is 2.70. The van der Waals surface area contributed by atoms with Crippen molar-refractivity contribution in [2.45, 2.75) is 12.3 Å². The second-order valence-electron chi connectivity index (χ2n) is 3.89. The smallest absolute Gasteiger partial charge is 0.168 e. The SMILES string of the molecule is Cc1cccc(Oc2ccc(CBr)cc2F)c1F. The minimum atomic E-state index is -0.507. The average Bonchev–Trinajstić information content (AvgIpc) is 2.37. The molecule has 0 aliphatic rings. The van der Waals surface area contributed by atoms with Crippen LogP contribution in [-0.2, 0) is 5.33 Å². The van der Waals surface area contributed by atoms with Crippen molar-refractivity contribution in [2.24, 2.45) is 0 Å². The van der Waals surface area contributed by atoms with Crippen LogP contribution in [0.1, 0.15) is 11.1 Å². The van der Waals surface area contributed by atoms with Crippen LogP contribution in [-0.4, -0.2) is 0 Å². The summed E-state index contributed by atoms with van der Waals surface area (Å²) in [6.07, 6.45) is 0. The van der Waals surface area contributed by atoms with Crippen molar-refractivity contribution in [2.75, 3.05) is 0 Å². The van der Waals surface area contributed by atoms with Crippen molar-refractivity contribution in [3.63, 3.8) is 0 Å². The molecule has 0 spiro atoms. The van der Waals surface area contributed by atoms with E-state index in [0.717, 1.165) is 5.56 Å². The van der Waals surface area contributed by atoms with E-state index < -0.39 is 11.6 Å². The van der Waals surface area contributed by atoms with Gasteiger partial charge in [-0.1, -0.05) is 34.1 Å². The summed E-state index contributed by atoms with van der Waals surface area (Å²) in [5, 5.41) is 0.559. The molecular weight excluding hydrogens is 302 g/mol. The molecule has 2 aromatic rings. The third-order valence-electron chi connectivity index (χ3n) is 2.53. The van der Waals surface area contributed by atoms with Crippen LogP contribution in [0.25, 0.3) is 0 Å². The molecule has 0 heterocycles. The number of hydrogen-bond donors (Lipinski definition) is 0. The maximum Gasteiger partial charge on any atom is 0.168 e. The first-order valence-corrected chi connectivity index (χ1v) is 6.51. The molecule has 94 valence electrons. The Labute approximate surface area is 113 Å². The molecule has 1 nitrogen and oxygen atoms in total. The maximum absolute atomic E-state index is 13.7. The summed E-state index contributed by atoms with van der Waals surface area (Å²) < 4.78 is 32.7. The number of benzene rings is 2. The van der Waals surface area contributed by atoms with Gasteiger partial charge < -0.3 is 4.74 Å². The lowest BCUT2D eigenvalue weighted by Gasteiger charge is -2.09. The molecule has 0 aliphatic carbocycles. The monoisotopic (exact) mass is 312 g/mol. The van der Waals surface area contributed by atoms with Crippen LogP contribution >= 0.6 is 15.9 Å². The summed E-state index contributed by atoms with van der Waals surface area (Å²) >= 11 is 3.24. The third-order valence-corrected chi connectivity index (χ3v) is 3.17. The van der Waals surface area contributed by atoms with Gasteiger partial charge in [0, 0.05) is 5.33 Å². The average molecular weight is 313 g/mol. The molecule has 0 aromatic heterocycles. The molecule has 0 radical (unpaired) electrons. The molecule has 0 unspecified atom stereocenters. The number of halogens is 3. The first kappa shape index (κ1) is 13.0. The normalized spacial score (nSPS) is 10.4. The van der Waals surface area contributed by atoms with Crippen LogP contribution in [0.4, 0.5) is 8.78 Å². The maximum atomic E-state index is 13.7. The molecule has 0 aliphatic heterocycles. The molecule has 0 atom stereocenters. The highest BCUT2D eigenvalue weighted by atomic mass is 79.9. The van der Waals surface area contributed by atoms with Crippen molar-refractivity contribution >= 4 is 15.9 Å². The van der Waals surface area contributed by atoms with E-state index in [9.17, 15) is 8.78 Å². The molecule has 18 heavy (non-hydrogen) atoms. The summed E-state index contributed by atoms with van der Waals surface area (Å²) in [6.45, 7) is 1.63. The van der Waals surface area contributed by atoms with E-state index in [0.29, 0.717) is 10.9 Å². The number of rotatable bonds is 3. The van der Waals surface area contributed by atoms with Crippen LogP contribution in [0.2, 0.25) is 0 Å². The second kappa shape index (κ2) is 5.48. The summed E-state index contributed by atoms with van der Waals surface area (Å²) in [7, 11) is 0. The van der Waals surface area contributed by atoms with E-state index in [1.54, 1.807) is 25.1 Å². The fourth-order valence-corrected chi connectivity index (χ4v) is 1.88. The highest BCUT2D eigenvalue weighted by Crippen LogP contribution is 2.28. The Balaban J connectivity index is 2.31. The van der Waals surface area contributed by atoms with Gasteiger partial charge in [0.05, 0.1) is 0 Å². The highest BCUT2D eigenvalue weighted by Gasteiger charge is 2.10. The van der Waals surface area contributed by atoms with Gasteiger partial charge in [0.2, 0.25) is 0 Å². The van der Waals surface area contributed by atoms with E-state index in [1.165, 1.54) is 18.2 Å². The van der Waals surface area contributed by atoms with Crippen LogP contribution in [0.3, 0.4) is 0 Å². The van der Waals surface area contributed by atoms with Gasteiger partial charge in [0.15, 0.2) is 23.1 Å². The Hall–Kier alpha value is -1.42. The number of alkyl halides is 1. The lowest BCUT2D eigenvalue weighted by Crippen LogP contribution is -1.93. The van der Waals surface area contributed by atoms with Gasteiger partial charge in [-0.25, -0.2) is 8.78 Å². The summed E-state index contributed by atoms with van der Waals surface area (Å²) in [6, 6.07) is 9.34. The number of aryl methyl sites for hydroxylation is 1. The molecule has 2 rings (SSSR count). The Morgan fingerprint density at radius 2 is 1.89 bits per heavy atom. The van der Waals surface area contributed by atoms with E-state index in [2.05, 4.69) is 15.9 Å². The lowest BCUT2D eigenvalue weighted by molar-refractivity contribution is 0.413. The molecule has 0 saturated heterocycles. The number of ether oxygens (including phenoxy) is 1. The zero-order valence-electron chi connectivity index (χ0n) is 9.71. The highest BCUT2D eigenvalue weighted by molar-refractivity contribution is 9.08. The molecule has 4 heteroatoms. The van der Waals surface area contributed by atoms with Gasteiger partial charge in [-0.05, 0) is 36.2 Å². The van der Waals surface area contributed by atoms with Gasteiger partial charge in [0.25, 0.3) is 0 Å². The molecule has 0 fully saturated rings. The van der Waals surface area contributed by atoms with E-state index in [1.807, 2.05) is 0 Å². The fraction of sp³-hybridized carbons (Fsp3) is 0.143. The van der Waals surface area contributed by atoms with Gasteiger partial charge >= 0.3 is 0 Å². The van der Waals surface area contributed by atoms with Gasteiger partial charge in [-0.3, -0.25) is 0 Å². The zero-order chi connectivity index (χ0) is 13.1. The van der Waals surface area contributed by atoms with Crippen molar-refractivity contribution in [3.8, 4) is 11.5 Å². The van der Waals surface area contributed by atoms with Gasteiger partial charge in [0.1, 0.15) is 0 Å². The van der Waals surface area contributed by atoms with Crippen molar-refractivity contribution in [1.29, 1.82) is 0 Å². The molecule has 0 N–H and O–H groups in total. The summed E-state index contributed by atoms with van der Waals surface area (Å²) in [4.78, 5) is 0. The largest absolute Gasteiger partial charge is 0.451 e. The van der Waals surface area contributed by atoms with Crippen molar-refractivity contribution in [1.82, 2.24) is 0 Å². The summed E-state index contributed by atoms with van der Waals surface area (Å²) in [5.41, 5.74) is 1.26. The predicted octanol–water partition coefficient (Wildman–Crippen LogP) is 4.96. The van der Waals surface area contributed by atoms with Gasteiger partial charge in [-0.2, -0.15) is 0 Å². The Bertz CT molecular complexity index is 570. The van der Waals surface area contributed by atoms with Crippen LogP contribution in [0, 0.1) is 18.6 Å². The first-order chi connectivity index (χ1) is 8.61. The van der Waals surface area contributed by atoms with Crippen LogP contribution in [0.15, 0.2) is 36.4 Å². The lowest BCUT2D eigenvalue weighted by atomic mass is 10.2. The molecule has 0 amide bonds. The Kier molecular flexibility index (Phi) is 3.97.